The van der Waals surface area contributed by atoms with Crippen LogP contribution in [-0.4, -0.2) is 25.0 Å². The molecule has 1 aliphatic rings. The molecule has 0 amide bonds. The number of ether oxygens (including phenoxy) is 2. The van der Waals surface area contributed by atoms with Gasteiger partial charge in [0.1, 0.15) is 11.9 Å². The number of carboxylic acid groups (broad SMARTS) is 1. The van der Waals surface area contributed by atoms with Gasteiger partial charge in [0, 0.05) is 5.56 Å². The number of carboxylic acids is 1. The third-order valence-electron chi connectivity index (χ3n) is 2.60. The minimum atomic E-state index is -1.92. The van der Waals surface area contributed by atoms with Gasteiger partial charge in [-0.15, -0.1) is 0 Å². The van der Waals surface area contributed by atoms with Crippen LogP contribution < -0.4 is 4.74 Å². The van der Waals surface area contributed by atoms with Crippen LogP contribution >= 0.6 is 69.6 Å². The summed E-state index contributed by atoms with van der Waals surface area (Å²) in [6.45, 7) is 0. The first-order valence-electron chi connectivity index (χ1n) is 5.33. The molecule has 0 aliphatic carbocycles. The lowest BCUT2D eigenvalue weighted by atomic mass is 10.0. The van der Waals surface area contributed by atoms with E-state index in [1.54, 1.807) is 0 Å². The predicted molar refractivity (Wildman–Crippen MR) is 82.2 cm³/mol. The molecule has 1 heterocycles. The average molecular weight is 415 g/mol. The third kappa shape index (κ3) is 3.94. The summed E-state index contributed by atoms with van der Waals surface area (Å²) >= 11 is 34.8. The first kappa shape index (κ1) is 17.5. The highest BCUT2D eigenvalue weighted by Crippen LogP contribution is 2.51. The fourth-order valence-electron chi connectivity index (χ4n) is 1.73. The zero-order chi connectivity index (χ0) is 16.0. The summed E-state index contributed by atoms with van der Waals surface area (Å²) < 4.78 is 6.91. The van der Waals surface area contributed by atoms with Gasteiger partial charge in [0.05, 0.1) is 5.56 Å². The number of carbonyl (C=O) groups is 1. The van der Waals surface area contributed by atoms with Crippen molar-refractivity contribution in [1.29, 1.82) is 0 Å². The van der Waals surface area contributed by atoms with Crippen LogP contribution in [0.2, 0.25) is 0 Å². The summed E-state index contributed by atoms with van der Waals surface area (Å²) in [6.07, 6.45) is -2.47. The van der Waals surface area contributed by atoms with Crippen LogP contribution in [0.15, 0.2) is 18.2 Å². The maximum atomic E-state index is 11.0. The van der Waals surface area contributed by atoms with E-state index >= 15 is 0 Å². The number of benzene rings is 1. The Bertz CT molecular complexity index is 565. The third-order valence-corrected chi connectivity index (χ3v) is 3.73. The molecule has 0 spiro atoms. The lowest BCUT2D eigenvalue weighted by molar-refractivity contribution is -0.136. The lowest BCUT2D eigenvalue weighted by Crippen LogP contribution is -2.42. The molecule has 2 atom stereocenters. The smallest absolute Gasteiger partial charge is 0.335 e. The van der Waals surface area contributed by atoms with Crippen molar-refractivity contribution < 1.29 is 19.4 Å². The maximum absolute atomic E-state index is 11.0. The first-order valence-corrected chi connectivity index (χ1v) is 7.59. The Kier molecular flexibility index (Phi) is 5.02. The monoisotopic (exact) mass is 412 g/mol. The van der Waals surface area contributed by atoms with Crippen LogP contribution in [0.1, 0.15) is 22.0 Å². The molecular formula is C11H6Cl6O4. The van der Waals surface area contributed by atoms with Crippen LogP contribution in [0.5, 0.6) is 5.75 Å². The Morgan fingerprint density at radius 1 is 1.10 bits per heavy atom. The van der Waals surface area contributed by atoms with E-state index in [1.807, 2.05) is 0 Å². The number of hydrogen-bond acceptors (Lipinski definition) is 3. The number of halogens is 6. The quantitative estimate of drug-likeness (QED) is 0.664. The highest BCUT2D eigenvalue weighted by molar-refractivity contribution is 6.68. The molecule has 2 rings (SSSR count). The molecule has 0 saturated heterocycles. The van der Waals surface area contributed by atoms with Crippen molar-refractivity contribution in [2.45, 2.75) is 20.0 Å². The molecule has 0 aromatic heterocycles. The van der Waals surface area contributed by atoms with Crippen molar-refractivity contribution in [3.05, 3.63) is 29.3 Å². The predicted octanol–water partition coefficient (Wildman–Crippen LogP) is 4.90. The van der Waals surface area contributed by atoms with Gasteiger partial charge in [-0.1, -0.05) is 69.6 Å². The highest BCUT2D eigenvalue weighted by atomic mass is 35.6. The standard InChI is InChI=1S/C11H6Cl6O4/c12-10(13,14)7-5-3-4(8(18)19)1-2-6(5)20-9(21-7)11(15,16)17/h1-3,7,9H,(H,18,19). The topological polar surface area (TPSA) is 55.8 Å². The average Bonchev–Trinajstić information content (AvgIpc) is 2.34. The Labute approximate surface area is 149 Å². The molecule has 1 aliphatic heterocycles. The van der Waals surface area contributed by atoms with Gasteiger partial charge in [-0.2, -0.15) is 0 Å². The normalized spacial score (nSPS) is 22.4. The van der Waals surface area contributed by atoms with Crippen molar-refractivity contribution in [3.8, 4) is 5.75 Å². The van der Waals surface area contributed by atoms with Gasteiger partial charge in [0.25, 0.3) is 3.79 Å². The van der Waals surface area contributed by atoms with Crippen molar-refractivity contribution in [2.75, 3.05) is 0 Å². The molecule has 0 saturated carbocycles. The zero-order valence-electron chi connectivity index (χ0n) is 9.83. The van der Waals surface area contributed by atoms with Crippen LogP contribution in [-0.2, 0) is 4.74 Å². The largest absolute Gasteiger partial charge is 0.478 e. The molecular weight excluding hydrogens is 409 g/mol. The summed E-state index contributed by atoms with van der Waals surface area (Å²) in [5.41, 5.74) is 0.216. The Morgan fingerprint density at radius 3 is 2.19 bits per heavy atom. The summed E-state index contributed by atoms with van der Waals surface area (Å²) in [7, 11) is 0. The number of alkyl halides is 6. The van der Waals surface area contributed by atoms with Crippen LogP contribution in [0.25, 0.3) is 0 Å². The number of hydrogen-bond donors (Lipinski definition) is 1. The van der Waals surface area contributed by atoms with E-state index in [-0.39, 0.29) is 16.9 Å². The Morgan fingerprint density at radius 2 is 1.71 bits per heavy atom. The summed E-state index contributed by atoms with van der Waals surface area (Å²) in [5, 5.41) is 9.01. The second-order valence-corrected chi connectivity index (χ2v) is 8.84. The van der Waals surface area contributed by atoms with Gasteiger partial charge >= 0.3 is 5.97 Å². The minimum Gasteiger partial charge on any atom is -0.478 e. The van der Waals surface area contributed by atoms with E-state index in [1.165, 1.54) is 18.2 Å². The fourth-order valence-corrected chi connectivity index (χ4v) is 2.53. The number of rotatable bonds is 1. The highest BCUT2D eigenvalue weighted by Gasteiger charge is 2.48. The molecule has 1 N–H and O–H groups in total. The summed E-state index contributed by atoms with van der Waals surface area (Å²) in [4.78, 5) is 11.0. The van der Waals surface area contributed by atoms with Crippen molar-refractivity contribution >= 4 is 75.6 Å². The van der Waals surface area contributed by atoms with Gasteiger partial charge in [0.2, 0.25) is 10.1 Å². The van der Waals surface area contributed by atoms with E-state index in [0.717, 1.165) is 0 Å². The second-order valence-electron chi connectivity index (χ2n) is 4.11. The van der Waals surface area contributed by atoms with E-state index in [2.05, 4.69) is 0 Å². The Balaban J connectivity index is 2.51. The second kappa shape index (κ2) is 6.00. The van der Waals surface area contributed by atoms with Crippen LogP contribution in [0.4, 0.5) is 0 Å². The lowest BCUT2D eigenvalue weighted by Gasteiger charge is -2.38. The van der Waals surface area contributed by atoms with Crippen molar-refractivity contribution in [3.63, 3.8) is 0 Å². The SMILES string of the molecule is O=C(O)c1ccc2c(c1)C(C(Cl)(Cl)Cl)OC(C(Cl)(Cl)Cl)O2. The number of aromatic carboxylic acids is 1. The molecule has 0 bridgehead atoms. The van der Waals surface area contributed by atoms with Crippen molar-refractivity contribution in [2.24, 2.45) is 0 Å². The summed E-state index contributed by atoms with van der Waals surface area (Å²) in [6, 6.07) is 3.98. The van der Waals surface area contributed by atoms with Gasteiger partial charge in [-0.25, -0.2) is 4.79 Å². The van der Waals surface area contributed by atoms with Crippen molar-refractivity contribution in [1.82, 2.24) is 0 Å². The molecule has 1 aromatic carbocycles. The Hall–Kier alpha value is 0.190. The zero-order valence-corrected chi connectivity index (χ0v) is 14.4. The van der Waals surface area contributed by atoms with Gasteiger partial charge in [0.15, 0.2) is 0 Å². The fraction of sp³-hybridized carbons (Fsp3) is 0.364. The molecule has 2 unspecified atom stereocenters. The molecule has 0 radical (unpaired) electrons. The summed E-state index contributed by atoms with van der Waals surface area (Å²) in [5.74, 6) is -0.941. The number of fused-ring (bicyclic) bond motifs is 1. The van der Waals surface area contributed by atoms with Gasteiger partial charge < -0.3 is 14.6 Å². The van der Waals surface area contributed by atoms with E-state index in [9.17, 15) is 4.79 Å². The van der Waals surface area contributed by atoms with Gasteiger partial charge in [-0.05, 0) is 18.2 Å². The van der Waals surface area contributed by atoms with E-state index in [0.29, 0.717) is 0 Å². The maximum Gasteiger partial charge on any atom is 0.335 e. The first-order chi connectivity index (χ1) is 9.50. The van der Waals surface area contributed by atoms with Crippen LogP contribution in [0.3, 0.4) is 0 Å². The van der Waals surface area contributed by atoms with E-state index < -0.39 is 25.9 Å². The van der Waals surface area contributed by atoms with Gasteiger partial charge in [-0.3, -0.25) is 0 Å². The molecule has 116 valence electrons. The molecule has 21 heavy (non-hydrogen) atoms. The molecule has 0 fully saturated rings. The van der Waals surface area contributed by atoms with Crippen LogP contribution in [0, 0.1) is 0 Å². The van der Waals surface area contributed by atoms with E-state index in [4.69, 9.17) is 84.2 Å². The molecule has 10 heteroatoms. The minimum absolute atomic E-state index is 0.0208. The molecule has 1 aromatic rings. The molecule has 4 nitrogen and oxygen atoms in total.